The summed E-state index contributed by atoms with van der Waals surface area (Å²) in [6, 6.07) is -0.710. The van der Waals surface area contributed by atoms with Crippen molar-refractivity contribution in [3.05, 3.63) is 16.6 Å². The minimum absolute atomic E-state index is 0.00174. The van der Waals surface area contributed by atoms with E-state index >= 15 is 0 Å². The van der Waals surface area contributed by atoms with Crippen LogP contribution in [-0.4, -0.2) is 39.5 Å². The molecule has 1 aromatic heterocycles. The molecule has 1 fully saturated rings. The summed E-state index contributed by atoms with van der Waals surface area (Å²) in [6.07, 6.45) is 3.20. The first kappa shape index (κ1) is 12.0. The van der Waals surface area contributed by atoms with Crippen molar-refractivity contribution in [3.63, 3.8) is 0 Å². The van der Waals surface area contributed by atoms with Crippen LogP contribution >= 0.6 is 11.3 Å². The Morgan fingerprint density at radius 3 is 2.94 bits per heavy atom. The molecule has 0 spiro atoms. The molecule has 1 saturated heterocycles. The van der Waals surface area contributed by atoms with E-state index in [1.165, 1.54) is 22.4 Å². The number of carbonyl (C=O) groups excluding carboxylic acids is 1. The summed E-state index contributed by atoms with van der Waals surface area (Å²) in [7, 11) is 0. The van der Waals surface area contributed by atoms with Crippen LogP contribution in [0.3, 0.4) is 0 Å². The van der Waals surface area contributed by atoms with Gasteiger partial charge in [-0.2, -0.15) is 0 Å². The lowest BCUT2D eigenvalue weighted by atomic mass is 9.90. The monoisotopic (exact) mass is 254 g/mol. The summed E-state index contributed by atoms with van der Waals surface area (Å²) < 4.78 is 0. The molecular weight excluding hydrogens is 240 g/mol. The second-order valence-corrected chi connectivity index (χ2v) is 5.15. The number of carboxylic acids is 1. The molecule has 6 heteroatoms. The van der Waals surface area contributed by atoms with Crippen LogP contribution in [0.15, 0.2) is 11.7 Å². The van der Waals surface area contributed by atoms with Crippen LogP contribution in [0, 0.1) is 5.92 Å². The van der Waals surface area contributed by atoms with Gasteiger partial charge >= 0.3 is 5.97 Å². The Balaban J connectivity index is 2.23. The molecule has 92 valence electrons. The van der Waals surface area contributed by atoms with E-state index in [-0.39, 0.29) is 11.8 Å². The molecule has 1 amide bonds. The zero-order chi connectivity index (χ0) is 12.4. The Bertz CT molecular complexity index is 418. The second-order valence-electron chi connectivity index (χ2n) is 4.27. The molecule has 1 aromatic rings. The number of thiazole rings is 1. The first-order valence-corrected chi connectivity index (χ1v) is 6.41. The van der Waals surface area contributed by atoms with Crippen LogP contribution in [-0.2, 0) is 4.79 Å². The van der Waals surface area contributed by atoms with E-state index < -0.39 is 12.0 Å². The molecule has 2 heterocycles. The van der Waals surface area contributed by atoms with E-state index in [1.807, 2.05) is 6.92 Å². The lowest BCUT2D eigenvalue weighted by Gasteiger charge is -2.36. The summed E-state index contributed by atoms with van der Waals surface area (Å²) in [6.45, 7) is 2.39. The molecule has 0 aliphatic carbocycles. The maximum atomic E-state index is 12.2. The fourth-order valence-electron chi connectivity index (χ4n) is 2.26. The number of likely N-dealkylation sites (tertiary alicyclic amines) is 1. The molecule has 1 aliphatic heterocycles. The maximum absolute atomic E-state index is 12.2. The van der Waals surface area contributed by atoms with Gasteiger partial charge in [0.1, 0.15) is 10.9 Å². The van der Waals surface area contributed by atoms with E-state index in [4.69, 9.17) is 0 Å². The minimum Gasteiger partial charge on any atom is -0.480 e. The standard InChI is InChI=1S/C11H14N2O3S/c1-7-3-2-4-13(9(7)11(15)16)10(14)8-5-12-6-17-8/h5-7,9H,2-4H2,1H3,(H,15,16). The molecule has 1 N–H and O–H groups in total. The third-order valence-electron chi connectivity index (χ3n) is 3.09. The van der Waals surface area contributed by atoms with Crippen molar-refractivity contribution < 1.29 is 14.7 Å². The molecular formula is C11H14N2O3S. The van der Waals surface area contributed by atoms with Gasteiger partial charge in [-0.25, -0.2) is 4.79 Å². The van der Waals surface area contributed by atoms with Crippen LogP contribution in [0.1, 0.15) is 29.4 Å². The number of amides is 1. The highest BCUT2D eigenvalue weighted by Gasteiger charge is 2.37. The molecule has 0 aromatic carbocycles. The van der Waals surface area contributed by atoms with Gasteiger partial charge in [-0.3, -0.25) is 9.78 Å². The Morgan fingerprint density at radius 2 is 2.35 bits per heavy atom. The predicted molar refractivity (Wildman–Crippen MR) is 63.0 cm³/mol. The van der Waals surface area contributed by atoms with E-state index in [1.54, 1.807) is 5.51 Å². The molecule has 5 nitrogen and oxygen atoms in total. The molecule has 2 unspecified atom stereocenters. The predicted octanol–water partition coefficient (Wildman–Crippen LogP) is 1.47. The molecule has 1 aliphatic rings. The highest BCUT2D eigenvalue weighted by atomic mass is 32.1. The maximum Gasteiger partial charge on any atom is 0.326 e. The van der Waals surface area contributed by atoms with Gasteiger partial charge in [-0.1, -0.05) is 6.92 Å². The lowest BCUT2D eigenvalue weighted by Crippen LogP contribution is -2.51. The van der Waals surface area contributed by atoms with Crippen LogP contribution in [0.25, 0.3) is 0 Å². The van der Waals surface area contributed by atoms with Gasteiger partial charge in [-0.05, 0) is 18.8 Å². The molecule has 2 rings (SSSR count). The highest BCUT2D eigenvalue weighted by molar-refractivity contribution is 7.11. The van der Waals surface area contributed by atoms with E-state index in [9.17, 15) is 14.7 Å². The Kier molecular flexibility index (Phi) is 3.42. The minimum atomic E-state index is -0.921. The summed E-state index contributed by atoms with van der Waals surface area (Å²) in [5, 5.41) is 9.22. The summed E-state index contributed by atoms with van der Waals surface area (Å²) in [5.41, 5.74) is 1.58. The molecule has 0 saturated carbocycles. The van der Waals surface area contributed by atoms with Crippen LogP contribution in [0.5, 0.6) is 0 Å². The Morgan fingerprint density at radius 1 is 1.59 bits per heavy atom. The number of piperidine rings is 1. The number of nitrogens with zero attached hydrogens (tertiary/aromatic N) is 2. The normalized spacial score (nSPS) is 24.6. The number of rotatable bonds is 2. The van der Waals surface area contributed by atoms with Gasteiger partial charge in [0.2, 0.25) is 0 Å². The third-order valence-corrected chi connectivity index (χ3v) is 3.85. The van der Waals surface area contributed by atoms with Crippen LogP contribution in [0.2, 0.25) is 0 Å². The lowest BCUT2D eigenvalue weighted by molar-refractivity contribution is -0.145. The first-order chi connectivity index (χ1) is 8.11. The van der Waals surface area contributed by atoms with E-state index in [0.717, 1.165) is 12.8 Å². The summed E-state index contributed by atoms with van der Waals surface area (Å²) >= 11 is 1.24. The number of aliphatic carboxylic acids is 1. The number of carboxylic acid groups (broad SMARTS) is 1. The van der Waals surface area contributed by atoms with Crippen molar-refractivity contribution in [2.45, 2.75) is 25.8 Å². The summed E-state index contributed by atoms with van der Waals surface area (Å²) in [5.74, 6) is -1.14. The third kappa shape index (κ3) is 2.31. The molecule has 0 radical (unpaired) electrons. The van der Waals surface area contributed by atoms with Crippen molar-refractivity contribution in [1.82, 2.24) is 9.88 Å². The van der Waals surface area contributed by atoms with Gasteiger partial charge < -0.3 is 10.0 Å². The smallest absolute Gasteiger partial charge is 0.326 e. The van der Waals surface area contributed by atoms with Crippen molar-refractivity contribution in [2.24, 2.45) is 5.92 Å². The van der Waals surface area contributed by atoms with Crippen molar-refractivity contribution in [2.75, 3.05) is 6.54 Å². The SMILES string of the molecule is CC1CCCN(C(=O)c2cncs2)C1C(=O)O. The molecule has 17 heavy (non-hydrogen) atoms. The zero-order valence-corrected chi connectivity index (χ0v) is 10.3. The average molecular weight is 254 g/mol. The van der Waals surface area contributed by atoms with E-state index in [2.05, 4.69) is 4.98 Å². The molecule has 0 bridgehead atoms. The van der Waals surface area contributed by atoms with Gasteiger partial charge in [0.05, 0.1) is 11.7 Å². The number of hydrogen-bond acceptors (Lipinski definition) is 4. The summed E-state index contributed by atoms with van der Waals surface area (Å²) in [4.78, 5) is 29.2. The second kappa shape index (κ2) is 4.83. The average Bonchev–Trinajstić information content (AvgIpc) is 2.80. The number of aromatic nitrogens is 1. The van der Waals surface area contributed by atoms with Gasteiger partial charge in [-0.15, -0.1) is 11.3 Å². The van der Waals surface area contributed by atoms with Crippen LogP contribution in [0.4, 0.5) is 0 Å². The Hall–Kier alpha value is -1.43. The first-order valence-electron chi connectivity index (χ1n) is 5.53. The van der Waals surface area contributed by atoms with Crippen molar-refractivity contribution >= 4 is 23.2 Å². The van der Waals surface area contributed by atoms with Gasteiger partial charge in [0.15, 0.2) is 0 Å². The quantitative estimate of drug-likeness (QED) is 0.867. The number of hydrogen-bond donors (Lipinski definition) is 1. The zero-order valence-electron chi connectivity index (χ0n) is 9.50. The van der Waals surface area contributed by atoms with Crippen molar-refractivity contribution in [3.8, 4) is 0 Å². The van der Waals surface area contributed by atoms with Crippen LogP contribution < -0.4 is 0 Å². The highest BCUT2D eigenvalue weighted by Crippen LogP contribution is 2.25. The topological polar surface area (TPSA) is 70.5 Å². The number of carbonyl (C=O) groups is 2. The largest absolute Gasteiger partial charge is 0.480 e. The van der Waals surface area contributed by atoms with Crippen molar-refractivity contribution in [1.29, 1.82) is 0 Å². The fraction of sp³-hybridized carbons (Fsp3) is 0.545. The van der Waals surface area contributed by atoms with Gasteiger partial charge in [0.25, 0.3) is 5.91 Å². The fourth-order valence-corrected chi connectivity index (χ4v) is 2.83. The van der Waals surface area contributed by atoms with E-state index in [0.29, 0.717) is 11.4 Å². The molecule has 2 atom stereocenters. The Labute approximate surface area is 103 Å². The van der Waals surface area contributed by atoms with Gasteiger partial charge in [0, 0.05) is 6.54 Å².